The summed E-state index contributed by atoms with van der Waals surface area (Å²) in [4.78, 5) is 11.4. The van der Waals surface area contributed by atoms with E-state index in [0.717, 1.165) is 5.56 Å². The molecule has 0 unspecified atom stereocenters. The van der Waals surface area contributed by atoms with Crippen molar-refractivity contribution in [3.05, 3.63) is 34.6 Å². The van der Waals surface area contributed by atoms with E-state index < -0.39 is 11.4 Å². The van der Waals surface area contributed by atoms with Crippen molar-refractivity contribution >= 4 is 17.6 Å². The molecule has 0 spiro atoms. The minimum Gasteiger partial charge on any atom is -0.459 e. The first kappa shape index (κ1) is 14.9. The molecule has 0 amide bonds. The fourth-order valence-corrected chi connectivity index (χ4v) is 1.54. The van der Waals surface area contributed by atoms with E-state index in [1.54, 1.807) is 6.07 Å². The highest BCUT2D eigenvalue weighted by Crippen LogP contribution is 2.15. The number of hydrogen-bond acceptors (Lipinski definition) is 3. The number of ether oxygens (including phenoxy) is 1. The number of benzene rings is 1. The van der Waals surface area contributed by atoms with Crippen LogP contribution in [0.3, 0.4) is 0 Å². The van der Waals surface area contributed by atoms with E-state index in [1.807, 2.05) is 20.8 Å². The van der Waals surface area contributed by atoms with Gasteiger partial charge in [-0.1, -0.05) is 17.7 Å². The molecule has 0 saturated heterocycles. The summed E-state index contributed by atoms with van der Waals surface area (Å²) in [6, 6.07) is 4.44. The van der Waals surface area contributed by atoms with Crippen molar-refractivity contribution in [2.45, 2.75) is 32.9 Å². The lowest BCUT2D eigenvalue weighted by molar-refractivity contribution is -0.153. The van der Waals surface area contributed by atoms with Crippen molar-refractivity contribution in [1.29, 1.82) is 0 Å². The monoisotopic (exact) mass is 273 g/mol. The summed E-state index contributed by atoms with van der Waals surface area (Å²) in [7, 11) is 0. The zero-order valence-electron chi connectivity index (χ0n) is 10.7. The zero-order chi connectivity index (χ0) is 13.8. The van der Waals surface area contributed by atoms with Crippen LogP contribution in [0.25, 0.3) is 0 Å². The Bertz CT molecular complexity index is 429. The predicted octanol–water partition coefficient (Wildman–Crippen LogP) is 2.91. The van der Waals surface area contributed by atoms with Crippen molar-refractivity contribution in [2.75, 3.05) is 6.54 Å². The quantitative estimate of drug-likeness (QED) is 0.858. The van der Waals surface area contributed by atoms with E-state index in [0.29, 0.717) is 6.54 Å². The van der Waals surface area contributed by atoms with E-state index >= 15 is 0 Å². The van der Waals surface area contributed by atoms with E-state index in [1.165, 1.54) is 12.1 Å². The van der Waals surface area contributed by atoms with Crippen LogP contribution >= 0.6 is 11.6 Å². The van der Waals surface area contributed by atoms with Crippen LogP contribution in [0.5, 0.6) is 0 Å². The number of halogens is 2. The van der Waals surface area contributed by atoms with Crippen LogP contribution in [0, 0.1) is 5.82 Å². The van der Waals surface area contributed by atoms with Crippen LogP contribution in [-0.4, -0.2) is 18.1 Å². The fourth-order valence-electron chi connectivity index (χ4n) is 1.34. The molecule has 0 radical (unpaired) electrons. The third-order valence-electron chi connectivity index (χ3n) is 2.00. The highest BCUT2D eigenvalue weighted by atomic mass is 35.5. The van der Waals surface area contributed by atoms with Gasteiger partial charge < -0.3 is 10.1 Å². The molecule has 1 aromatic carbocycles. The number of carbonyl (C=O) groups is 1. The highest BCUT2D eigenvalue weighted by Gasteiger charge is 2.15. The van der Waals surface area contributed by atoms with Crippen molar-refractivity contribution in [1.82, 2.24) is 5.32 Å². The molecule has 18 heavy (non-hydrogen) atoms. The van der Waals surface area contributed by atoms with Crippen molar-refractivity contribution in [3.63, 3.8) is 0 Å². The Morgan fingerprint density at radius 2 is 2.11 bits per heavy atom. The van der Waals surface area contributed by atoms with Crippen molar-refractivity contribution in [2.24, 2.45) is 0 Å². The van der Waals surface area contributed by atoms with E-state index in [4.69, 9.17) is 16.3 Å². The highest BCUT2D eigenvalue weighted by molar-refractivity contribution is 6.30. The molecule has 0 atom stereocenters. The molecule has 0 saturated carbocycles. The van der Waals surface area contributed by atoms with Gasteiger partial charge in [0.1, 0.15) is 11.4 Å². The number of rotatable bonds is 4. The molecule has 0 fully saturated rings. The normalized spacial score (nSPS) is 11.4. The summed E-state index contributed by atoms with van der Waals surface area (Å²) in [6.45, 7) is 5.96. The second kappa shape index (κ2) is 6.16. The summed E-state index contributed by atoms with van der Waals surface area (Å²) in [5, 5.41) is 2.99. The summed E-state index contributed by atoms with van der Waals surface area (Å²) >= 11 is 5.65. The van der Waals surface area contributed by atoms with Crippen LogP contribution in [0.1, 0.15) is 26.3 Å². The zero-order valence-corrected chi connectivity index (χ0v) is 11.5. The number of carbonyl (C=O) groups excluding carboxylic acids is 1. The summed E-state index contributed by atoms with van der Waals surface area (Å²) < 4.78 is 18.0. The van der Waals surface area contributed by atoms with Crippen molar-refractivity contribution in [3.8, 4) is 0 Å². The van der Waals surface area contributed by atoms with Gasteiger partial charge in [0, 0.05) is 6.54 Å². The van der Waals surface area contributed by atoms with Gasteiger partial charge in [-0.2, -0.15) is 0 Å². The Labute approximate surface area is 111 Å². The molecular formula is C13H17ClFNO2. The third-order valence-corrected chi connectivity index (χ3v) is 2.29. The van der Waals surface area contributed by atoms with Gasteiger partial charge in [-0.25, -0.2) is 4.39 Å². The first-order valence-corrected chi connectivity index (χ1v) is 6.02. The van der Waals surface area contributed by atoms with Gasteiger partial charge in [0.25, 0.3) is 0 Å². The molecule has 100 valence electrons. The average Bonchev–Trinajstić information content (AvgIpc) is 2.20. The molecule has 0 bridgehead atoms. The van der Waals surface area contributed by atoms with Gasteiger partial charge >= 0.3 is 5.97 Å². The number of esters is 1. The topological polar surface area (TPSA) is 38.3 Å². The maximum absolute atomic E-state index is 12.9. The van der Waals surface area contributed by atoms with Crippen LogP contribution in [0.15, 0.2) is 18.2 Å². The van der Waals surface area contributed by atoms with Crippen molar-refractivity contribution < 1.29 is 13.9 Å². The lowest BCUT2D eigenvalue weighted by atomic mass is 10.2. The Hall–Kier alpha value is -1.13. The smallest absolute Gasteiger partial charge is 0.320 e. The van der Waals surface area contributed by atoms with Crippen LogP contribution < -0.4 is 5.32 Å². The molecule has 0 heterocycles. The Kier molecular flexibility index (Phi) is 5.11. The first-order chi connectivity index (χ1) is 8.28. The second-order valence-electron chi connectivity index (χ2n) is 4.94. The predicted molar refractivity (Wildman–Crippen MR) is 69.0 cm³/mol. The van der Waals surface area contributed by atoms with Gasteiger partial charge in [0.2, 0.25) is 0 Å². The Morgan fingerprint density at radius 3 is 2.67 bits per heavy atom. The van der Waals surface area contributed by atoms with Crippen LogP contribution in [-0.2, 0) is 16.1 Å². The SMILES string of the molecule is CC(C)(C)OC(=O)CNCc1ccc(F)c(Cl)c1. The van der Waals surface area contributed by atoms with Gasteiger partial charge in [-0.15, -0.1) is 0 Å². The lowest BCUT2D eigenvalue weighted by Crippen LogP contribution is -2.31. The standard InChI is InChI=1S/C13H17ClFNO2/c1-13(2,3)18-12(17)8-16-7-9-4-5-11(15)10(14)6-9/h4-6,16H,7-8H2,1-3H3. The Balaban J connectivity index is 2.38. The molecule has 0 aliphatic rings. The van der Waals surface area contributed by atoms with Gasteiger partial charge in [0.05, 0.1) is 11.6 Å². The fraction of sp³-hybridized carbons (Fsp3) is 0.462. The second-order valence-corrected chi connectivity index (χ2v) is 5.35. The molecule has 1 aromatic rings. The Morgan fingerprint density at radius 1 is 1.44 bits per heavy atom. The van der Waals surface area contributed by atoms with Crippen LogP contribution in [0.2, 0.25) is 5.02 Å². The van der Waals surface area contributed by atoms with Gasteiger partial charge in [-0.3, -0.25) is 4.79 Å². The molecule has 0 aliphatic carbocycles. The number of hydrogen-bond donors (Lipinski definition) is 1. The minimum absolute atomic E-state index is 0.0755. The molecule has 0 aliphatic heterocycles. The molecular weight excluding hydrogens is 257 g/mol. The molecule has 5 heteroatoms. The summed E-state index contributed by atoms with van der Waals surface area (Å²) in [5.74, 6) is -0.775. The first-order valence-electron chi connectivity index (χ1n) is 5.64. The number of nitrogens with one attached hydrogen (secondary N) is 1. The molecule has 3 nitrogen and oxygen atoms in total. The van der Waals surface area contributed by atoms with E-state index in [-0.39, 0.29) is 17.5 Å². The molecule has 1 N–H and O–H groups in total. The largest absolute Gasteiger partial charge is 0.459 e. The maximum atomic E-state index is 12.9. The maximum Gasteiger partial charge on any atom is 0.320 e. The summed E-state index contributed by atoms with van der Waals surface area (Å²) in [6.07, 6.45) is 0. The van der Waals surface area contributed by atoms with E-state index in [9.17, 15) is 9.18 Å². The van der Waals surface area contributed by atoms with Gasteiger partial charge in [0.15, 0.2) is 0 Å². The van der Waals surface area contributed by atoms with Crippen LogP contribution in [0.4, 0.5) is 4.39 Å². The molecule has 0 aromatic heterocycles. The van der Waals surface area contributed by atoms with E-state index in [2.05, 4.69) is 5.32 Å². The van der Waals surface area contributed by atoms with Gasteiger partial charge in [-0.05, 0) is 38.5 Å². The third kappa shape index (κ3) is 5.47. The minimum atomic E-state index is -0.488. The average molecular weight is 274 g/mol. The summed E-state index contributed by atoms with van der Waals surface area (Å²) in [5.41, 5.74) is 0.322. The lowest BCUT2D eigenvalue weighted by Gasteiger charge is -2.19. The molecule has 1 rings (SSSR count).